The number of benzene rings is 1. The average molecular weight is 1150 g/mol. The molecule has 1 heterocycles. The van der Waals surface area contributed by atoms with E-state index in [0.717, 1.165) is 9.13 Å². The van der Waals surface area contributed by atoms with Gasteiger partial charge in [-0.05, 0) is 85.1 Å². The molecule has 0 spiro atoms. The molecule has 0 radical (unpaired) electrons. The Morgan fingerprint density at radius 2 is 1.18 bits per heavy atom. The van der Waals surface area contributed by atoms with Crippen molar-refractivity contribution >= 4 is 88.4 Å². The van der Waals surface area contributed by atoms with Crippen molar-refractivity contribution in [3.8, 4) is 0 Å². The first-order chi connectivity index (χ1) is 34.7. The molecule has 3 atom stereocenters. The van der Waals surface area contributed by atoms with Gasteiger partial charge in [0.25, 0.3) is 12.3 Å². The van der Waals surface area contributed by atoms with Crippen LogP contribution in [-0.4, -0.2) is 221 Å². The SMILES string of the molecule is O=CO[C@H](CCCCNC(=O)[C@H](Cc1ccccc1I)NC(=O)C1CCC(CNC(=O)CN2CCN(CC(=O)O)CCN(CC(=O)O)CCN(CC(=O)O)CC2)CC1)NC(=O)N[C@@H](CCC(=O)O)C(=O)C(=O)O. The lowest BCUT2D eigenvalue weighted by atomic mass is 9.81. The van der Waals surface area contributed by atoms with Crippen LogP contribution in [0.4, 0.5) is 4.79 Å². The lowest BCUT2D eigenvalue weighted by molar-refractivity contribution is -0.150. The summed E-state index contributed by atoms with van der Waals surface area (Å²) < 4.78 is 5.80. The summed E-state index contributed by atoms with van der Waals surface area (Å²) in [6.45, 7) is 1.84. The van der Waals surface area contributed by atoms with Crippen molar-refractivity contribution in [1.29, 1.82) is 0 Å². The predicted octanol–water partition coefficient (Wildman–Crippen LogP) is -1.31. The summed E-state index contributed by atoms with van der Waals surface area (Å²) in [4.78, 5) is 140. The van der Waals surface area contributed by atoms with Crippen molar-refractivity contribution in [2.24, 2.45) is 11.8 Å². The van der Waals surface area contributed by atoms with Gasteiger partial charge in [0, 0.05) is 94.2 Å². The van der Waals surface area contributed by atoms with Gasteiger partial charge in [-0.2, -0.15) is 0 Å². The number of urea groups is 1. The van der Waals surface area contributed by atoms with E-state index in [1.165, 1.54) is 0 Å². The minimum absolute atomic E-state index is 0.0274. The molecular formula is C46H68IN9O17. The number of hydrogen-bond acceptors (Lipinski definition) is 16. The van der Waals surface area contributed by atoms with Gasteiger partial charge in [-0.1, -0.05) is 18.2 Å². The number of nitrogens with one attached hydrogen (secondary N) is 5. The minimum Gasteiger partial charge on any atom is -0.481 e. The number of amides is 5. The largest absolute Gasteiger partial charge is 0.481 e. The summed E-state index contributed by atoms with van der Waals surface area (Å²) in [7, 11) is 0. The molecule has 73 heavy (non-hydrogen) atoms. The maximum atomic E-state index is 13.7. The molecule has 0 bridgehead atoms. The van der Waals surface area contributed by atoms with Gasteiger partial charge < -0.3 is 56.9 Å². The number of ketones is 1. The first-order valence-corrected chi connectivity index (χ1v) is 25.1. The standard InChI is InChI=1S/C46H68IN9O17/c47-33-6-2-1-5-32(33)23-35(44(69)48-14-4-3-7-37(73-29-57)52-46(72)51-34(12-13-38(59)60)42(67)45(70)71)50-43(68)31-10-8-30(9-11-31)24-49-36(58)25-53-15-17-54(26-39(61)62)19-21-56(28-41(65)66)22-20-55(18-16-53)27-40(63)64/h1-2,5-6,29-31,34-35,37H,3-4,7-28H2,(H,48,69)(H,49,58)(H,50,68)(H,59,60)(H,61,62)(H,63,64)(H,65,66)(H,70,71)(H2,51,52,72)/t30?,31?,34-,35-,37+/m0/s1. The first kappa shape index (κ1) is 61.3. The Labute approximate surface area is 435 Å². The van der Waals surface area contributed by atoms with Gasteiger partial charge in [0.15, 0.2) is 6.23 Å². The number of carbonyl (C=O) groups is 11. The summed E-state index contributed by atoms with van der Waals surface area (Å²) in [6, 6.07) is 3.74. The van der Waals surface area contributed by atoms with Crippen LogP contribution in [0.3, 0.4) is 0 Å². The van der Waals surface area contributed by atoms with E-state index >= 15 is 0 Å². The highest BCUT2D eigenvalue weighted by Gasteiger charge is 2.31. The number of hydrogen-bond donors (Lipinski definition) is 10. The third-order valence-electron chi connectivity index (χ3n) is 12.4. The number of carboxylic acid groups (broad SMARTS) is 5. The third kappa shape index (κ3) is 25.0. The number of carboxylic acids is 5. The van der Waals surface area contributed by atoms with Crippen LogP contribution in [-0.2, 0) is 59.1 Å². The van der Waals surface area contributed by atoms with E-state index in [-0.39, 0.29) is 109 Å². The van der Waals surface area contributed by atoms with Crippen LogP contribution in [0, 0.1) is 15.4 Å². The molecule has 1 aromatic carbocycles. The van der Waals surface area contributed by atoms with Crippen LogP contribution in [0.2, 0.25) is 0 Å². The van der Waals surface area contributed by atoms with E-state index in [1.54, 1.807) is 14.7 Å². The van der Waals surface area contributed by atoms with Gasteiger partial charge in [-0.25, -0.2) is 9.59 Å². The molecule has 27 heteroatoms. The molecule has 5 amide bonds. The Balaban J connectivity index is 1.53. The van der Waals surface area contributed by atoms with Crippen molar-refractivity contribution in [2.45, 2.75) is 82.5 Å². The molecule has 406 valence electrons. The Morgan fingerprint density at radius 3 is 1.67 bits per heavy atom. The molecule has 1 aliphatic heterocycles. The van der Waals surface area contributed by atoms with Gasteiger partial charge in [0.1, 0.15) is 12.1 Å². The van der Waals surface area contributed by atoms with Crippen molar-refractivity contribution in [2.75, 3.05) is 91.6 Å². The number of halogens is 1. The van der Waals surface area contributed by atoms with E-state index in [4.69, 9.17) is 14.9 Å². The maximum Gasteiger partial charge on any atom is 0.374 e. The summed E-state index contributed by atoms with van der Waals surface area (Å²) in [5.74, 6) is -9.11. The zero-order valence-electron chi connectivity index (χ0n) is 40.5. The van der Waals surface area contributed by atoms with Crippen molar-refractivity contribution in [3.63, 3.8) is 0 Å². The van der Waals surface area contributed by atoms with Crippen LogP contribution in [0.5, 0.6) is 0 Å². The Kier molecular flexibility index (Phi) is 27.6. The van der Waals surface area contributed by atoms with E-state index < -0.39 is 84.6 Å². The molecule has 0 unspecified atom stereocenters. The number of ether oxygens (including phenoxy) is 1. The van der Waals surface area contributed by atoms with E-state index in [2.05, 4.69) is 49.2 Å². The Morgan fingerprint density at radius 1 is 0.644 bits per heavy atom. The predicted molar refractivity (Wildman–Crippen MR) is 265 cm³/mol. The van der Waals surface area contributed by atoms with E-state index in [1.807, 2.05) is 29.2 Å². The number of Topliss-reactive ketones (excluding diaryl/α,β-unsaturated/α-hetero) is 1. The molecule has 2 fully saturated rings. The fraction of sp³-hybridized carbons (Fsp3) is 0.630. The van der Waals surface area contributed by atoms with Gasteiger partial charge in [0.2, 0.25) is 17.7 Å². The number of rotatable bonds is 29. The number of carbonyl (C=O) groups excluding carboxylic acids is 6. The zero-order valence-corrected chi connectivity index (χ0v) is 42.7. The zero-order chi connectivity index (χ0) is 53.9. The fourth-order valence-electron chi connectivity index (χ4n) is 8.38. The second-order valence-corrected chi connectivity index (χ2v) is 19.1. The molecule has 3 rings (SSSR count). The summed E-state index contributed by atoms with van der Waals surface area (Å²) in [5, 5.41) is 59.6. The Bertz CT molecular complexity index is 2030. The molecule has 1 saturated carbocycles. The van der Waals surface area contributed by atoms with Crippen LogP contribution in [0.25, 0.3) is 0 Å². The summed E-state index contributed by atoms with van der Waals surface area (Å²) in [5.41, 5.74) is 0.837. The van der Waals surface area contributed by atoms with Crippen LogP contribution in [0.15, 0.2) is 24.3 Å². The Hall–Kier alpha value is -6.04. The number of unbranched alkanes of at least 4 members (excludes halogenated alkanes) is 1. The normalized spacial score (nSPS) is 18.7. The lowest BCUT2D eigenvalue weighted by Crippen LogP contribution is -2.51. The van der Waals surface area contributed by atoms with Gasteiger partial charge >= 0.3 is 35.9 Å². The van der Waals surface area contributed by atoms with Gasteiger partial charge in [-0.15, -0.1) is 0 Å². The summed E-state index contributed by atoms with van der Waals surface area (Å²) >= 11 is 2.15. The molecule has 1 saturated heterocycles. The highest BCUT2D eigenvalue weighted by atomic mass is 127. The molecular weight excluding hydrogens is 1080 g/mol. The second kappa shape index (κ2) is 32.9. The minimum atomic E-state index is -1.87. The monoisotopic (exact) mass is 1150 g/mol. The van der Waals surface area contributed by atoms with Crippen LogP contribution >= 0.6 is 22.6 Å². The number of aliphatic carboxylic acids is 5. The number of nitrogens with zero attached hydrogens (tertiary/aromatic N) is 4. The van der Waals surface area contributed by atoms with Crippen molar-refractivity contribution in [3.05, 3.63) is 33.4 Å². The lowest BCUT2D eigenvalue weighted by Gasteiger charge is -2.33. The van der Waals surface area contributed by atoms with E-state index in [0.29, 0.717) is 58.2 Å². The summed E-state index contributed by atoms with van der Waals surface area (Å²) in [6.07, 6.45) is 0.830. The average Bonchev–Trinajstić information content (AvgIpc) is 3.32. The highest BCUT2D eigenvalue weighted by molar-refractivity contribution is 14.1. The fourth-order valence-corrected chi connectivity index (χ4v) is 8.98. The van der Waals surface area contributed by atoms with E-state index in [9.17, 15) is 68.1 Å². The van der Waals surface area contributed by atoms with Crippen molar-refractivity contribution in [1.82, 2.24) is 46.2 Å². The van der Waals surface area contributed by atoms with Crippen LogP contribution < -0.4 is 26.6 Å². The topological polar surface area (TPSA) is 371 Å². The first-order valence-electron chi connectivity index (χ1n) is 24.0. The smallest absolute Gasteiger partial charge is 0.374 e. The molecule has 26 nitrogen and oxygen atoms in total. The van der Waals surface area contributed by atoms with Gasteiger partial charge in [0.05, 0.1) is 26.2 Å². The maximum absolute atomic E-state index is 13.7. The quantitative estimate of drug-likeness (QED) is 0.0146. The highest BCUT2D eigenvalue weighted by Crippen LogP contribution is 2.29. The van der Waals surface area contributed by atoms with Crippen LogP contribution in [0.1, 0.15) is 63.4 Å². The molecule has 1 aliphatic carbocycles. The molecule has 1 aromatic rings. The molecule has 10 N–H and O–H groups in total. The second-order valence-electron chi connectivity index (χ2n) is 17.9. The van der Waals surface area contributed by atoms with Gasteiger partial charge in [-0.3, -0.25) is 62.8 Å². The van der Waals surface area contributed by atoms with Crippen molar-refractivity contribution < 1.29 is 83.0 Å². The molecule has 0 aromatic heterocycles. The molecule has 2 aliphatic rings. The third-order valence-corrected chi connectivity index (χ3v) is 13.4.